The Morgan fingerprint density at radius 3 is 2.55 bits per heavy atom. The van der Waals surface area contributed by atoms with Crippen molar-refractivity contribution in [3.05, 3.63) is 68.8 Å². The molecule has 3 rings (SSSR count). The highest BCUT2D eigenvalue weighted by Crippen LogP contribution is 2.27. The lowest BCUT2D eigenvalue weighted by Gasteiger charge is -2.02. The van der Waals surface area contributed by atoms with Crippen molar-refractivity contribution >= 4 is 49.7 Å². The minimum absolute atomic E-state index is 0.685. The van der Waals surface area contributed by atoms with E-state index in [2.05, 4.69) is 46.3 Å². The Morgan fingerprint density at radius 2 is 1.85 bits per heavy atom. The zero-order valence-electron chi connectivity index (χ0n) is 10.5. The van der Waals surface area contributed by atoms with Crippen LogP contribution in [0.4, 0.5) is 0 Å². The molecule has 0 aliphatic heterocycles. The molecule has 1 aromatic heterocycles. The molecule has 0 radical (unpaired) electrons. The van der Waals surface area contributed by atoms with E-state index < -0.39 is 0 Å². The van der Waals surface area contributed by atoms with E-state index in [1.165, 1.54) is 5.39 Å². The highest BCUT2D eigenvalue weighted by atomic mass is 79.9. The van der Waals surface area contributed by atoms with Gasteiger partial charge in [0.05, 0.1) is 15.4 Å². The smallest absolute Gasteiger partial charge is 0.0998 e. The molecular weight excluding hydrogens is 330 g/mol. The second-order valence-electron chi connectivity index (χ2n) is 4.37. The quantitative estimate of drug-likeness (QED) is 0.547. The van der Waals surface area contributed by atoms with Crippen LogP contribution in [-0.4, -0.2) is 0 Å². The lowest BCUT2D eigenvalue weighted by molar-refractivity contribution is 1.53. The average molecular weight is 340 g/mol. The third-order valence-corrected chi connectivity index (χ3v) is 4.63. The molecule has 96 valence electrons. The molecule has 3 heteroatoms. The molecule has 3 aromatic rings. The fraction of sp³-hybridized carbons (Fsp3) is 0. The van der Waals surface area contributed by atoms with E-state index in [0.29, 0.717) is 5.57 Å². The van der Waals surface area contributed by atoms with Crippen molar-refractivity contribution in [2.24, 2.45) is 0 Å². The van der Waals surface area contributed by atoms with Crippen molar-refractivity contribution in [3.8, 4) is 6.07 Å². The summed E-state index contributed by atoms with van der Waals surface area (Å²) in [5.41, 5.74) is 1.64. The molecule has 0 unspecified atom stereocenters. The van der Waals surface area contributed by atoms with E-state index in [-0.39, 0.29) is 0 Å². The molecule has 0 saturated carbocycles. The molecule has 2 aromatic carbocycles. The fourth-order valence-electron chi connectivity index (χ4n) is 2.09. The number of halogens is 1. The molecule has 0 aliphatic rings. The first-order chi connectivity index (χ1) is 9.76. The van der Waals surface area contributed by atoms with Gasteiger partial charge in [-0.25, -0.2) is 0 Å². The molecule has 0 saturated heterocycles. The van der Waals surface area contributed by atoms with Gasteiger partial charge in [-0.2, -0.15) is 5.26 Å². The van der Waals surface area contributed by atoms with Crippen molar-refractivity contribution in [1.82, 2.24) is 0 Å². The molecule has 0 amide bonds. The number of rotatable bonds is 2. The van der Waals surface area contributed by atoms with Crippen molar-refractivity contribution in [2.45, 2.75) is 0 Å². The second-order valence-corrected chi connectivity index (χ2v) is 6.87. The van der Waals surface area contributed by atoms with Gasteiger partial charge in [-0.05, 0) is 56.5 Å². The van der Waals surface area contributed by atoms with Gasteiger partial charge in [-0.3, -0.25) is 0 Å². The van der Waals surface area contributed by atoms with E-state index >= 15 is 0 Å². The number of allylic oxidation sites excluding steroid dienone is 1. The maximum absolute atomic E-state index is 9.39. The Bertz CT molecular complexity index is 839. The minimum atomic E-state index is 0.685. The molecule has 1 nitrogen and oxygen atoms in total. The van der Waals surface area contributed by atoms with E-state index in [1.54, 1.807) is 11.3 Å². The van der Waals surface area contributed by atoms with Gasteiger partial charge in [0.2, 0.25) is 0 Å². The highest BCUT2D eigenvalue weighted by Gasteiger charge is 2.04. The van der Waals surface area contributed by atoms with Crippen LogP contribution in [-0.2, 0) is 0 Å². The first kappa shape index (κ1) is 13.1. The van der Waals surface area contributed by atoms with E-state index in [9.17, 15) is 5.26 Å². The summed E-state index contributed by atoms with van der Waals surface area (Å²) in [6, 6.07) is 20.6. The predicted molar refractivity (Wildman–Crippen MR) is 89.5 cm³/mol. The van der Waals surface area contributed by atoms with Crippen molar-refractivity contribution < 1.29 is 0 Å². The van der Waals surface area contributed by atoms with Crippen LogP contribution in [0.1, 0.15) is 10.4 Å². The van der Waals surface area contributed by atoms with Gasteiger partial charge in [-0.1, -0.05) is 36.4 Å². The standard InChI is InChI=1S/C17H10BrNS/c18-17-8-7-16(20-17)10-15(11-19)14-6-5-12-3-1-2-4-13(12)9-14/h1-10H. The van der Waals surface area contributed by atoms with Crippen molar-refractivity contribution in [2.75, 3.05) is 0 Å². The van der Waals surface area contributed by atoms with Crippen LogP contribution in [0.25, 0.3) is 22.4 Å². The topological polar surface area (TPSA) is 23.8 Å². The number of nitrogens with zero attached hydrogens (tertiary/aromatic N) is 1. The molecule has 0 bridgehead atoms. The zero-order valence-corrected chi connectivity index (χ0v) is 12.9. The van der Waals surface area contributed by atoms with Gasteiger partial charge in [0.15, 0.2) is 0 Å². The molecular formula is C17H10BrNS. The molecule has 0 aliphatic carbocycles. The van der Waals surface area contributed by atoms with Crippen LogP contribution in [0.2, 0.25) is 0 Å². The van der Waals surface area contributed by atoms with Gasteiger partial charge in [0.1, 0.15) is 0 Å². The van der Waals surface area contributed by atoms with Gasteiger partial charge in [0, 0.05) is 4.88 Å². The minimum Gasteiger partial charge on any atom is -0.192 e. The maximum atomic E-state index is 9.39. The Hall–Kier alpha value is -1.89. The monoisotopic (exact) mass is 339 g/mol. The van der Waals surface area contributed by atoms with Crippen LogP contribution in [0, 0.1) is 11.3 Å². The average Bonchev–Trinajstić information content (AvgIpc) is 2.89. The maximum Gasteiger partial charge on any atom is 0.0998 e. The summed E-state index contributed by atoms with van der Waals surface area (Å²) in [5.74, 6) is 0. The normalized spacial score (nSPS) is 11.5. The largest absolute Gasteiger partial charge is 0.192 e. The number of hydrogen-bond acceptors (Lipinski definition) is 2. The van der Waals surface area contributed by atoms with Gasteiger partial charge < -0.3 is 0 Å². The SMILES string of the molecule is N#CC(=Cc1ccc(Br)s1)c1ccc2ccccc2c1. The Labute approximate surface area is 129 Å². The summed E-state index contributed by atoms with van der Waals surface area (Å²) in [6.45, 7) is 0. The summed E-state index contributed by atoms with van der Waals surface area (Å²) >= 11 is 5.06. The summed E-state index contributed by atoms with van der Waals surface area (Å²) in [4.78, 5) is 1.07. The lowest BCUT2D eigenvalue weighted by Crippen LogP contribution is -1.82. The van der Waals surface area contributed by atoms with Crippen LogP contribution in [0.15, 0.2) is 58.4 Å². The van der Waals surface area contributed by atoms with Crippen molar-refractivity contribution in [1.29, 1.82) is 5.26 Å². The number of fused-ring (bicyclic) bond motifs is 1. The van der Waals surface area contributed by atoms with E-state index in [4.69, 9.17) is 0 Å². The highest BCUT2D eigenvalue weighted by molar-refractivity contribution is 9.11. The van der Waals surface area contributed by atoms with Crippen molar-refractivity contribution in [3.63, 3.8) is 0 Å². The Morgan fingerprint density at radius 1 is 1.05 bits per heavy atom. The molecule has 1 heterocycles. The summed E-state index contributed by atoms with van der Waals surface area (Å²) in [5, 5.41) is 11.7. The summed E-state index contributed by atoms with van der Waals surface area (Å²) < 4.78 is 1.07. The number of hydrogen-bond donors (Lipinski definition) is 0. The van der Waals surface area contributed by atoms with Crippen LogP contribution >= 0.6 is 27.3 Å². The Balaban J connectivity index is 2.07. The number of thiophene rings is 1. The Kier molecular flexibility index (Phi) is 3.68. The summed E-state index contributed by atoms with van der Waals surface area (Å²) in [6.07, 6.45) is 1.93. The van der Waals surface area contributed by atoms with E-state index in [0.717, 1.165) is 19.6 Å². The summed E-state index contributed by atoms with van der Waals surface area (Å²) in [7, 11) is 0. The molecule has 0 fully saturated rings. The molecule has 20 heavy (non-hydrogen) atoms. The molecule has 0 N–H and O–H groups in total. The van der Waals surface area contributed by atoms with Crippen LogP contribution in [0.3, 0.4) is 0 Å². The first-order valence-corrected chi connectivity index (χ1v) is 7.73. The fourth-order valence-corrected chi connectivity index (χ4v) is 3.45. The van der Waals surface area contributed by atoms with Crippen LogP contribution in [0.5, 0.6) is 0 Å². The third kappa shape index (κ3) is 2.67. The third-order valence-electron chi connectivity index (χ3n) is 3.06. The number of nitriles is 1. The zero-order chi connectivity index (χ0) is 13.9. The second kappa shape index (κ2) is 5.62. The molecule has 0 atom stereocenters. The molecule has 0 spiro atoms. The van der Waals surface area contributed by atoms with Gasteiger partial charge in [0.25, 0.3) is 0 Å². The first-order valence-electron chi connectivity index (χ1n) is 6.12. The van der Waals surface area contributed by atoms with E-state index in [1.807, 2.05) is 36.4 Å². The van der Waals surface area contributed by atoms with Crippen LogP contribution < -0.4 is 0 Å². The number of benzene rings is 2. The predicted octanol–water partition coefficient (Wildman–Crippen LogP) is 5.73. The van der Waals surface area contributed by atoms with Gasteiger partial charge >= 0.3 is 0 Å². The lowest BCUT2D eigenvalue weighted by atomic mass is 10.0. The van der Waals surface area contributed by atoms with Gasteiger partial charge in [-0.15, -0.1) is 11.3 Å².